The Morgan fingerprint density at radius 3 is 2.43 bits per heavy atom. The Morgan fingerprint density at radius 1 is 0.714 bits per heavy atom. The number of anilines is 1. The molecule has 3 radical (unpaired) electrons. The van der Waals surface area contributed by atoms with Crippen LogP contribution >= 0.6 is 0 Å². The van der Waals surface area contributed by atoms with E-state index in [1.165, 1.54) is 27.1 Å². The number of allylic oxidation sites excluding steroid dienone is 2. The summed E-state index contributed by atoms with van der Waals surface area (Å²) in [6.07, 6.45) is 8.23. The van der Waals surface area contributed by atoms with Crippen LogP contribution in [-0.2, 0) is 0 Å². The first kappa shape index (κ1) is 14.9. The van der Waals surface area contributed by atoms with Gasteiger partial charge in [0, 0.05) is 25.9 Å². The SMILES string of the molecule is C1=CNc2ccc3c(ccc4ccccc43)c2C=C1.F.[B]. The summed E-state index contributed by atoms with van der Waals surface area (Å²) in [5.74, 6) is 0. The Hall–Kier alpha value is -2.55. The summed E-state index contributed by atoms with van der Waals surface area (Å²) in [7, 11) is 0. The summed E-state index contributed by atoms with van der Waals surface area (Å²) in [5, 5.41) is 8.53. The molecule has 4 rings (SSSR count). The van der Waals surface area contributed by atoms with E-state index in [0.29, 0.717) is 0 Å². The van der Waals surface area contributed by atoms with Crippen molar-refractivity contribution in [3.05, 3.63) is 72.4 Å². The maximum absolute atomic E-state index is 3.32. The van der Waals surface area contributed by atoms with Gasteiger partial charge in [0.15, 0.2) is 0 Å². The van der Waals surface area contributed by atoms with Gasteiger partial charge in [0.1, 0.15) is 0 Å². The average Bonchev–Trinajstić information content (AvgIpc) is 2.72. The Morgan fingerprint density at radius 2 is 1.52 bits per heavy atom. The van der Waals surface area contributed by atoms with Gasteiger partial charge in [-0.25, -0.2) is 0 Å². The molecule has 0 amide bonds. The first-order chi connectivity index (χ1) is 9.43. The van der Waals surface area contributed by atoms with E-state index in [2.05, 4.69) is 66.0 Å². The Labute approximate surface area is 124 Å². The number of hydrogen-bond acceptors (Lipinski definition) is 1. The van der Waals surface area contributed by atoms with E-state index < -0.39 is 0 Å². The molecule has 1 N–H and O–H groups in total. The second-order valence-electron chi connectivity index (χ2n) is 4.77. The predicted octanol–water partition coefficient (Wildman–Crippen LogP) is 4.72. The molecule has 0 bridgehead atoms. The molecule has 0 saturated carbocycles. The summed E-state index contributed by atoms with van der Waals surface area (Å²) in [5.41, 5.74) is 2.42. The molecule has 1 heterocycles. The number of rotatable bonds is 0. The standard InChI is InChI=1S/C18H13N.B.FH/c1-2-6-14-13(5-1)8-9-16-15(14)10-11-18-17(16)7-3-4-12-19-18;;/h1-12,19H;;1H. The molecular weight excluding hydrogens is 260 g/mol. The van der Waals surface area contributed by atoms with Gasteiger partial charge in [0.2, 0.25) is 0 Å². The van der Waals surface area contributed by atoms with Crippen molar-refractivity contribution in [2.45, 2.75) is 0 Å². The summed E-state index contributed by atoms with van der Waals surface area (Å²) < 4.78 is 0. The zero-order valence-corrected chi connectivity index (χ0v) is 11.4. The van der Waals surface area contributed by atoms with Gasteiger partial charge in [-0.15, -0.1) is 0 Å². The normalized spacial score (nSPS) is 12.0. The second kappa shape index (κ2) is 5.84. The zero-order valence-electron chi connectivity index (χ0n) is 11.4. The van der Waals surface area contributed by atoms with Crippen LogP contribution in [-0.4, -0.2) is 8.41 Å². The van der Waals surface area contributed by atoms with Crippen molar-refractivity contribution in [1.29, 1.82) is 0 Å². The molecule has 3 heteroatoms. The summed E-state index contributed by atoms with van der Waals surface area (Å²) in [4.78, 5) is 0. The molecule has 0 saturated heterocycles. The van der Waals surface area contributed by atoms with Crippen LogP contribution in [0.3, 0.4) is 0 Å². The highest BCUT2D eigenvalue weighted by molar-refractivity contribution is 6.11. The molecule has 0 aliphatic carbocycles. The lowest BCUT2D eigenvalue weighted by Gasteiger charge is -2.11. The summed E-state index contributed by atoms with van der Waals surface area (Å²) in [6.45, 7) is 0. The lowest BCUT2D eigenvalue weighted by molar-refractivity contribution is 1.11. The minimum atomic E-state index is 0. The second-order valence-corrected chi connectivity index (χ2v) is 4.77. The number of benzene rings is 3. The molecule has 3 aromatic rings. The highest BCUT2D eigenvalue weighted by atomic mass is 19.0. The van der Waals surface area contributed by atoms with Crippen LogP contribution in [0, 0.1) is 0 Å². The molecule has 0 unspecified atom stereocenters. The third kappa shape index (κ3) is 2.31. The topological polar surface area (TPSA) is 12.0 Å². The Balaban J connectivity index is 0.000000807. The van der Waals surface area contributed by atoms with Gasteiger partial charge < -0.3 is 5.32 Å². The van der Waals surface area contributed by atoms with Crippen molar-refractivity contribution in [2.24, 2.45) is 0 Å². The molecule has 1 aliphatic rings. The maximum Gasteiger partial charge on any atom is 0.0459 e. The molecule has 21 heavy (non-hydrogen) atoms. The quantitative estimate of drug-likeness (QED) is 0.462. The number of fused-ring (bicyclic) bond motifs is 5. The van der Waals surface area contributed by atoms with E-state index >= 15 is 0 Å². The van der Waals surface area contributed by atoms with E-state index in [-0.39, 0.29) is 13.1 Å². The van der Waals surface area contributed by atoms with Crippen molar-refractivity contribution in [1.82, 2.24) is 0 Å². The van der Waals surface area contributed by atoms with Gasteiger partial charge >= 0.3 is 0 Å². The van der Waals surface area contributed by atoms with Crippen molar-refractivity contribution in [2.75, 3.05) is 5.32 Å². The van der Waals surface area contributed by atoms with Crippen LogP contribution in [0.1, 0.15) is 5.56 Å². The van der Waals surface area contributed by atoms with Crippen molar-refractivity contribution in [3.8, 4) is 0 Å². The van der Waals surface area contributed by atoms with Gasteiger partial charge in [-0.3, -0.25) is 4.70 Å². The van der Waals surface area contributed by atoms with Gasteiger partial charge in [-0.1, -0.05) is 54.6 Å². The Kier molecular flexibility index (Phi) is 4.13. The molecule has 101 valence electrons. The van der Waals surface area contributed by atoms with Crippen LogP contribution in [0.5, 0.6) is 0 Å². The van der Waals surface area contributed by atoms with Crippen molar-refractivity contribution < 1.29 is 4.70 Å². The fourth-order valence-corrected chi connectivity index (χ4v) is 2.76. The van der Waals surface area contributed by atoms with Gasteiger partial charge in [0.05, 0.1) is 0 Å². The lowest BCUT2D eigenvalue weighted by Crippen LogP contribution is -1.90. The number of nitrogens with one attached hydrogen (secondary N) is 1. The van der Waals surface area contributed by atoms with E-state index in [9.17, 15) is 0 Å². The minimum absolute atomic E-state index is 0. The fraction of sp³-hybridized carbons (Fsp3) is 0. The molecular formula is C18H14BFN. The highest BCUT2D eigenvalue weighted by Crippen LogP contribution is 2.33. The van der Waals surface area contributed by atoms with E-state index in [0.717, 1.165) is 5.69 Å². The van der Waals surface area contributed by atoms with Crippen LogP contribution in [0.25, 0.3) is 27.6 Å². The molecule has 3 aromatic carbocycles. The van der Waals surface area contributed by atoms with Gasteiger partial charge in [0.25, 0.3) is 0 Å². The lowest BCUT2D eigenvalue weighted by atomic mass is 9.97. The van der Waals surface area contributed by atoms with E-state index in [1.54, 1.807) is 0 Å². The average molecular weight is 274 g/mol. The van der Waals surface area contributed by atoms with Gasteiger partial charge in [-0.2, -0.15) is 0 Å². The van der Waals surface area contributed by atoms with Crippen LogP contribution < -0.4 is 5.32 Å². The van der Waals surface area contributed by atoms with Crippen LogP contribution in [0.15, 0.2) is 66.9 Å². The molecule has 1 aliphatic heterocycles. The zero-order chi connectivity index (χ0) is 12.7. The fourth-order valence-electron chi connectivity index (χ4n) is 2.76. The Bertz CT molecular complexity index is 852. The van der Waals surface area contributed by atoms with Gasteiger partial charge in [-0.05, 0) is 33.7 Å². The maximum atomic E-state index is 3.32. The van der Waals surface area contributed by atoms with Crippen LogP contribution in [0.4, 0.5) is 10.4 Å². The highest BCUT2D eigenvalue weighted by Gasteiger charge is 2.07. The molecule has 1 nitrogen and oxygen atoms in total. The predicted molar refractivity (Wildman–Crippen MR) is 91.5 cm³/mol. The monoisotopic (exact) mass is 274 g/mol. The summed E-state index contributed by atoms with van der Waals surface area (Å²) in [6, 6.07) is 17.3. The smallest absolute Gasteiger partial charge is 0.0459 e. The molecule has 0 aromatic heterocycles. The molecule has 0 fully saturated rings. The third-order valence-electron chi connectivity index (χ3n) is 3.68. The summed E-state index contributed by atoms with van der Waals surface area (Å²) >= 11 is 0. The van der Waals surface area contributed by atoms with E-state index in [4.69, 9.17) is 0 Å². The van der Waals surface area contributed by atoms with Crippen LogP contribution in [0.2, 0.25) is 0 Å². The molecule has 0 atom stereocenters. The number of hydrogen-bond donors (Lipinski definition) is 1. The largest absolute Gasteiger partial charge is 0.361 e. The van der Waals surface area contributed by atoms with Crippen molar-refractivity contribution in [3.63, 3.8) is 0 Å². The van der Waals surface area contributed by atoms with Crippen molar-refractivity contribution >= 4 is 41.7 Å². The molecule has 0 spiro atoms. The number of halogens is 1. The van der Waals surface area contributed by atoms with E-state index in [1.807, 2.05) is 12.3 Å². The first-order valence-electron chi connectivity index (χ1n) is 6.48. The minimum Gasteiger partial charge on any atom is -0.361 e. The third-order valence-corrected chi connectivity index (χ3v) is 3.68. The first-order valence-corrected chi connectivity index (χ1v) is 6.48.